The molecule has 0 aromatic heterocycles. The zero-order valence-corrected chi connectivity index (χ0v) is 13.8. The smallest absolute Gasteiger partial charge is 0.0622 e. The van der Waals surface area contributed by atoms with Gasteiger partial charge < -0.3 is 0 Å². The molecule has 0 saturated carbocycles. The third-order valence-corrected chi connectivity index (χ3v) is 5.30. The van der Waals surface area contributed by atoms with E-state index in [4.69, 9.17) is 0 Å². The molecule has 0 N–H and O–H groups in total. The lowest BCUT2D eigenvalue weighted by molar-refractivity contribution is 0.768. The molecule has 0 fully saturated rings. The molecule has 0 bridgehead atoms. The minimum atomic E-state index is -0.274. The van der Waals surface area contributed by atoms with Gasteiger partial charge in [0.15, 0.2) is 0 Å². The van der Waals surface area contributed by atoms with Crippen LogP contribution in [0.4, 0.5) is 0 Å². The molecule has 4 aromatic carbocycles. The Morgan fingerprint density at radius 2 is 1.08 bits per heavy atom. The lowest BCUT2D eigenvalue weighted by Gasteiger charge is -2.33. The van der Waals surface area contributed by atoms with Crippen molar-refractivity contribution in [1.82, 2.24) is 0 Å². The molecule has 117 valence electrons. The first-order valence-electron chi connectivity index (χ1n) is 8.64. The first-order chi connectivity index (χ1) is 12.4. The zero-order chi connectivity index (χ0) is 16.7. The quantitative estimate of drug-likeness (QED) is 0.383. The topological polar surface area (TPSA) is 0 Å². The van der Waals surface area contributed by atoms with Gasteiger partial charge in [0.25, 0.3) is 0 Å². The molecule has 0 amide bonds. The SMILES string of the molecule is [c]1ccc2c(c1)-c1ccccc1C2(c1ccccc1)c1ccccc1. The van der Waals surface area contributed by atoms with Crippen molar-refractivity contribution >= 4 is 0 Å². The van der Waals surface area contributed by atoms with Gasteiger partial charge in [0, 0.05) is 0 Å². The van der Waals surface area contributed by atoms with Gasteiger partial charge in [0.1, 0.15) is 0 Å². The summed E-state index contributed by atoms with van der Waals surface area (Å²) in [5, 5.41) is 0. The van der Waals surface area contributed by atoms with Crippen molar-refractivity contribution in [2.75, 3.05) is 0 Å². The van der Waals surface area contributed by atoms with E-state index in [1.54, 1.807) is 0 Å². The van der Waals surface area contributed by atoms with Crippen LogP contribution in [0.2, 0.25) is 0 Å². The highest BCUT2D eigenvalue weighted by atomic mass is 14.5. The van der Waals surface area contributed by atoms with E-state index in [0.717, 1.165) is 0 Å². The van der Waals surface area contributed by atoms with Crippen LogP contribution in [-0.2, 0) is 5.41 Å². The van der Waals surface area contributed by atoms with Gasteiger partial charge in [0.05, 0.1) is 5.41 Å². The Kier molecular flexibility index (Phi) is 3.11. The predicted octanol–water partition coefficient (Wildman–Crippen LogP) is 5.85. The summed E-state index contributed by atoms with van der Waals surface area (Å²) < 4.78 is 0. The maximum absolute atomic E-state index is 3.27. The molecular weight excluding hydrogens is 300 g/mol. The van der Waals surface area contributed by atoms with Crippen LogP contribution in [-0.4, -0.2) is 0 Å². The lowest BCUT2D eigenvalue weighted by atomic mass is 9.68. The van der Waals surface area contributed by atoms with Crippen molar-refractivity contribution in [3.8, 4) is 11.1 Å². The summed E-state index contributed by atoms with van der Waals surface area (Å²) in [6, 6.07) is 40.1. The number of benzene rings is 4. The minimum absolute atomic E-state index is 0.274. The Morgan fingerprint density at radius 3 is 1.76 bits per heavy atom. The molecule has 4 aromatic rings. The van der Waals surface area contributed by atoms with Crippen molar-refractivity contribution in [2.45, 2.75) is 5.41 Å². The van der Waals surface area contributed by atoms with Gasteiger partial charge in [-0.15, -0.1) is 0 Å². The average Bonchev–Trinajstić information content (AvgIpc) is 3.01. The van der Waals surface area contributed by atoms with Crippen molar-refractivity contribution < 1.29 is 0 Å². The number of hydrogen-bond donors (Lipinski definition) is 0. The molecule has 0 heterocycles. The second-order valence-corrected chi connectivity index (χ2v) is 6.50. The molecule has 0 nitrogen and oxygen atoms in total. The fourth-order valence-corrected chi connectivity index (χ4v) is 4.34. The van der Waals surface area contributed by atoms with Crippen molar-refractivity contribution in [3.63, 3.8) is 0 Å². The summed E-state index contributed by atoms with van der Waals surface area (Å²) in [4.78, 5) is 0. The molecule has 1 aliphatic rings. The molecule has 0 spiro atoms. The van der Waals surface area contributed by atoms with E-state index in [1.165, 1.54) is 33.4 Å². The Bertz CT molecular complexity index is 943. The summed E-state index contributed by atoms with van der Waals surface area (Å²) in [6.45, 7) is 0. The molecule has 0 saturated heterocycles. The van der Waals surface area contributed by atoms with Crippen LogP contribution in [0.15, 0.2) is 103 Å². The monoisotopic (exact) mass is 317 g/mol. The summed E-state index contributed by atoms with van der Waals surface area (Å²) >= 11 is 0. The predicted molar refractivity (Wildman–Crippen MR) is 103 cm³/mol. The maximum atomic E-state index is 3.27. The fourth-order valence-electron chi connectivity index (χ4n) is 4.34. The molecule has 0 heteroatoms. The van der Waals surface area contributed by atoms with Crippen LogP contribution in [0, 0.1) is 6.07 Å². The van der Waals surface area contributed by atoms with Gasteiger partial charge in [-0.2, -0.15) is 0 Å². The van der Waals surface area contributed by atoms with Crippen LogP contribution < -0.4 is 0 Å². The average molecular weight is 317 g/mol. The van der Waals surface area contributed by atoms with Gasteiger partial charge in [-0.05, 0) is 45.5 Å². The second kappa shape index (κ2) is 5.46. The maximum Gasteiger partial charge on any atom is 0.0713 e. The van der Waals surface area contributed by atoms with Crippen molar-refractivity contribution in [2.24, 2.45) is 0 Å². The molecular formula is C25H17. The first kappa shape index (κ1) is 14.2. The van der Waals surface area contributed by atoms with Crippen molar-refractivity contribution in [3.05, 3.63) is 131 Å². The fraction of sp³-hybridized carbons (Fsp3) is 0.0400. The third kappa shape index (κ3) is 1.88. The van der Waals surface area contributed by atoms with E-state index in [9.17, 15) is 0 Å². The molecule has 0 unspecified atom stereocenters. The Hall–Kier alpha value is -3.12. The zero-order valence-electron chi connectivity index (χ0n) is 13.8. The van der Waals surface area contributed by atoms with E-state index in [2.05, 4.69) is 103 Å². The van der Waals surface area contributed by atoms with E-state index in [-0.39, 0.29) is 5.41 Å². The summed E-state index contributed by atoms with van der Waals surface area (Å²) in [6.07, 6.45) is 0. The lowest BCUT2D eigenvalue weighted by Crippen LogP contribution is -2.28. The van der Waals surface area contributed by atoms with Crippen LogP contribution in [0.25, 0.3) is 11.1 Å². The molecule has 25 heavy (non-hydrogen) atoms. The van der Waals surface area contributed by atoms with Gasteiger partial charge in [-0.3, -0.25) is 0 Å². The standard InChI is InChI=1S/C25H17/c1-3-11-19(12-4-1)25(20-13-5-2-6-14-20)23-17-9-7-15-21(23)22-16-8-10-18-24(22)25/h1-7,9-18H. The van der Waals surface area contributed by atoms with Crippen LogP contribution in [0.5, 0.6) is 0 Å². The summed E-state index contributed by atoms with van der Waals surface area (Å²) in [5.41, 5.74) is 7.61. The highest BCUT2D eigenvalue weighted by molar-refractivity contribution is 5.85. The largest absolute Gasteiger partial charge is 0.0713 e. The van der Waals surface area contributed by atoms with Gasteiger partial charge in [0.2, 0.25) is 0 Å². The molecule has 1 radical (unpaired) electrons. The summed E-state index contributed by atoms with van der Waals surface area (Å²) in [5.74, 6) is 0. The third-order valence-electron chi connectivity index (χ3n) is 5.30. The van der Waals surface area contributed by atoms with Gasteiger partial charge >= 0.3 is 0 Å². The first-order valence-corrected chi connectivity index (χ1v) is 8.64. The van der Waals surface area contributed by atoms with Crippen LogP contribution >= 0.6 is 0 Å². The van der Waals surface area contributed by atoms with Crippen LogP contribution in [0.1, 0.15) is 22.3 Å². The van der Waals surface area contributed by atoms with E-state index >= 15 is 0 Å². The highest BCUT2D eigenvalue weighted by Crippen LogP contribution is 2.55. The van der Waals surface area contributed by atoms with Gasteiger partial charge in [-0.1, -0.05) is 97.1 Å². The molecule has 5 rings (SSSR count). The van der Waals surface area contributed by atoms with Crippen molar-refractivity contribution in [1.29, 1.82) is 0 Å². The Morgan fingerprint density at radius 1 is 0.520 bits per heavy atom. The van der Waals surface area contributed by atoms with Crippen LogP contribution in [0.3, 0.4) is 0 Å². The number of rotatable bonds is 2. The van der Waals surface area contributed by atoms with E-state index < -0.39 is 0 Å². The Labute approximate surface area is 148 Å². The molecule has 1 aliphatic carbocycles. The molecule has 0 aliphatic heterocycles. The summed E-state index contributed by atoms with van der Waals surface area (Å²) in [7, 11) is 0. The van der Waals surface area contributed by atoms with E-state index in [0.29, 0.717) is 0 Å². The van der Waals surface area contributed by atoms with E-state index in [1.807, 2.05) is 6.07 Å². The second-order valence-electron chi connectivity index (χ2n) is 6.50. The normalized spacial score (nSPS) is 13.9. The highest BCUT2D eigenvalue weighted by Gasteiger charge is 2.45. The number of fused-ring (bicyclic) bond motifs is 3. The molecule has 0 atom stereocenters. The van der Waals surface area contributed by atoms with Gasteiger partial charge in [-0.25, -0.2) is 0 Å². The Balaban J connectivity index is 1.98. The number of hydrogen-bond acceptors (Lipinski definition) is 0. The minimum Gasteiger partial charge on any atom is -0.0622 e.